The summed E-state index contributed by atoms with van der Waals surface area (Å²) < 4.78 is 13.1. The van der Waals surface area contributed by atoms with Gasteiger partial charge in [-0.1, -0.05) is 6.92 Å². The molecule has 0 radical (unpaired) electrons. The fourth-order valence-corrected chi connectivity index (χ4v) is 1.81. The van der Waals surface area contributed by atoms with Gasteiger partial charge >= 0.3 is 0 Å². The summed E-state index contributed by atoms with van der Waals surface area (Å²) in [7, 11) is 0. The van der Waals surface area contributed by atoms with E-state index in [1.165, 1.54) is 0 Å². The molecule has 1 aromatic rings. The van der Waals surface area contributed by atoms with Crippen molar-refractivity contribution in [3.63, 3.8) is 0 Å². The first-order chi connectivity index (χ1) is 7.47. The van der Waals surface area contributed by atoms with E-state index in [0.717, 1.165) is 18.2 Å². The van der Waals surface area contributed by atoms with E-state index in [2.05, 4.69) is 0 Å². The van der Waals surface area contributed by atoms with Crippen molar-refractivity contribution in [1.82, 2.24) is 0 Å². The first-order valence-corrected chi connectivity index (χ1v) is 5.09. The molecule has 1 rings (SSSR count). The highest BCUT2D eigenvalue weighted by molar-refractivity contribution is 5.43. The Balaban J connectivity index is 3.27. The summed E-state index contributed by atoms with van der Waals surface area (Å²) in [5, 5.41) is 20.3. The molecule has 0 aliphatic carbocycles. The van der Waals surface area contributed by atoms with Crippen LogP contribution in [-0.4, -0.2) is 16.1 Å². The summed E-state index contributed by atoms with van der Waals surface area (Å²) in [6.07, 6.45) is -0.229. The van der Waals surface area contributed by atoms with E-state index in [0.29, 0.717) is 6.42 Å². The van der Waals surface area contributed by atoms with Crippen LogP contribution in [0.2, 0.25) is 0 Å². The SMILES string of the molecule is CCC(c1cc(F)ccc1[N+](=O)[O-])C(C)O. The van der Waals surface area contributed by atoms with Crippen molar-refractivity contribution in [3.8, 4) is 0 Å². The van der Waals surface area contributed by atoms with Crippen molar-refractivity contribution in [2.45, 2.75) is 32.3 Å². The van der Waals surface area contributed by atoms with Gasteiger partial charge in [0.25, 0.3) is 5.69 Å². The number of nitro groups is 1. The molecule has 0 heterocycles. The Morgan fingerprint density at radius 2 is 2.19 bits per heavy atom. The Morgan fingerprint density at radius 3 is 2.62 bits per heavy atom. The fourth-order valence-electron chi connectivity index (χ4n) is 1.81. The van der Waals surface area contributed by atoms with Crippen LogP contribution >= 0.6 is 0 Å². The zero-order valence-corrected chi connectivity index (χ0v) is 9.18. The smallest absolute Gasteiger partial charge is 0.273 e. The van der Waals surface area contributed by atoms with Gasteiger partial charge in [-0.15, -0.1) is 0 Å². The van der Waals surface area contributed by atoms with Crippen LogP contribution in [0.5, 0.6) is 0 Å². The summed E-state index contributed by atoms with van der Waals surface area (Å²) in [6, 6.07) is 3.31. The summed E-state index contributed by atoms with van der Waals surface area (Å²) in [6.45, 7) is 3.34. The van der Waals surface area contributed by atoms with Crippen LogP contribution in [-0.2, 0) is 0 Å². The van der Waals surface area contributed by atoms with Crippen LogP contribution in [0.4, 0.5) is 10.1 Å². The zero-order valence-electron chi connectivity index (χ0n) is 9.18. The Hall–Kier alpha value is -1.49. The first kappa shape index (κ1) is 12.6. The molecule has 88 valence electrons. The molecule has 1 aromatic carbocycles. The molecule has 0 spiro atoms. The van der Waals surface area contributed by atoms with Gasteiger partial charge in [0.1, 0.15) is 5.82 Å². The third kappa shape index (κ3) is 2.55. The normalized spacial score (nSPS) is 14.5. The number of hydrogen-bond acceptors (Lipinski definition) is 3. The summed E-state index contributed by atoms with van der Waals surface area (Å²) in [5.74, 6) is -0.948. The fraction of sp³-hybridized carbons (Fsp3) is 0.455. The Labute approximate surface area is 92.9 Å². The quantitative estimate of drug-likeness (QED) is 0.635. The summed E-state index contributed by atoms with van der Waals surface area (Å²) in [4.78, 5) is 10.2. The van der Waals surface area contributed by atoms with Crippen molar-refractivity contribution in [1.29, 1.82) is 0 Å². The molecule has 2 atom stereocenters. The number of rotatable bonds is 4. The second-order valence-corrected chi connectivity index (χ2v) is 3.72. The molecule has 0 saturated heterocycles. The Bertz CT molecular complexity index is 393. The van der Waals surface area contributed by atoms with Crippen molar-refractivity contribution in [2.75, 3.05) is 0 Å². The van der Waals surface area contributed by atoms with E-state index in [4.69, 9.17) is 0 Å². The van der Waals surface area contributed by atoms with Crippen LogP contribution < -0.4 is 0 Å². The summed E-state index contributed by atoms with van der Waals surface area (Å²) in [5.41, 5.74) is 0.108. The highest BCUT2D eigenvalue weighted by Gasteiger charge is 2.24. The van der Waals surface area contributed by atoms with Crippen molar-refractivity contribution < 1.29 is 14.4 Å². The molecule has 0 bridgehead atoms. The molecule has 0 aromatic heterocycles. The molecule has 0 aliphatic heterocycles. The van der Waals surface area contributed by atoms with Gasteiger partial charge in [-0.2, -0.15) is 0 Å². The number of halogens is 1. The monoisotopic (exact) mass is 227 g/mol. The van der Waals surface area contributed by atoms with Gasteiger partial charge in [0.15, 0.2) is 0 Å². The average molecular weight is 227 g/mol. The van der Waals surface area contributed by atoms with Crippen LogP contribution in [0, 0.1) is 15.9 Å². The molecular weight excluding hydrogens is 213 g/mol. The Morgan fingerprint density at radius 1 is 1.56 bits per heavy atom. The van der Waals surface area contributed by atoms with Crippen LogP contribution in [0.15, 0.2) is 18.2 Å². The van der Waals surface area contributed by atoms with Gasteiger partial charge in [-0.25, -0.2) is 4.39 Å². The molecule has 2 unspecified atom stereocenters. The molecule has 5 heteroatoms. The number of benzene rings is 1. The lowest BCUT2D eigenvalue weighted by Gasteiger charge is -2.18. The van der Waals surface area contributed by atoms with Gasteiger partial charge in [0, 0.05) is 17.5 Å². The van der Waals surface area contributed by atoms with Crippen molar-refractivity contribution in [3.05, 3.63) is 39.7 Å². The number of nitro benzene ring substituents is 1. The standard InChI is InChI=1S/C11H14FNO3/c1-3-9(7(2)14)10-6-8(12)4-5-11(10)13(15)16/h4-7,9,14H,3H2,1-2H3. The Kier molecular flexibility index (Phi) is 3.95. The predicted molar refractivity (Wildman–Crippen MR) is 57.8 cm³/mol. The van der Waals surface area contributed by atoms with E-state index in [1.54, 1.807) is 13.8 Å². The molecule has 16 heavy (non-hydrogen) atoms. The molecule has 0 aliphatic rings. The molecule has 0 fully saturated rings. The van der Waals surface area contributed by atoms with Gasteiger partial charge in [-0.05, 0) is 25.5 Å². The molecule has 1 N–H and O–H groups in total. The third-order valence-corrected chi connectivity index (χ3v) is 2.61. The van der Waals surface area contributed by atoms with Crippen molar-refractivity contribution >= 4 is 5.69 Å². The maximum atomic E-state index is 13.1. The number of nitrogens with zero attached hydrogens (tertiary/aromatic N) is 1. The largest absolute Gasteiger partial charge is 0.393 e. The highest BCUT2D eigenvalue weighted by atomic mass is 19.1. The molecule has 0 saturated carbocycles. The average Bonchev–Trinajstić information content (AvgIpc) is 2.17. The van der Waals surface area contributed by atoms with E-state index >= 15 is 0 Å². The van der Waals surface area contributed by atoms with Crippen molar-refractivity contribution in [2.24, 2.45) is 0 Å². The van der Waals surface area contributed by atoms with E-state index in [1.807, 2.05) is 0 Å². The minimum atomic E-state index is -0.745. The van der Waals surface area contributed by atoms with E-state index < -0.39 is 22.8 Å². The van der Waals surface area contributed by atoms with E-state index in [9.17, 15) is 19.6 Å². The molecular formula is C11H14FNO3. The maximum absolute atomic E-state index is 13.1. The molecule has 4 nitrogen and oxygen atoms in total. The van der Waals surface area contributed by atoms with Gasteiger partial charge in [0.05, 0.1) is 11.0 Å². The van der Waals surface area contributed by atoms with E-state index in [-0.39, 0.29) is 11.3 Å². The minimum absolute atomic E-state index is 0.144. The highest BCUT2D eigenvalue weighted by Crippen LogP contribution is 2.31. The second kappa shape index (κ2) is 5.03. The van der Waals surface area contributed by atoms with Gasteiger partial charge < -0.3 is 5.11 Å². The second-order valence-electron chi connectivity index (χ2n) is 3.72. The lowest BCUT2D eigenvalue weighted by atomic mass is 9.90. The van der Waals surface area contributed by atoms with Crippen LogP contribution in [0.25, 0.3) is 0 Å². The number of aliphatic hydroxyl groups excluding tert-OH is 1. The first-order valence-electron chi connectivity index (χ1n) is 5.09. The van der Waals surface area contributed by atoms with Gasteiger partial charge in [0.2, 0.25) is 0 Å². The number of hydrogen-bond donors (Lipinski definition) is 1. The predicted octanol–water partition coefficient (Wildman–Crippen LogP) is 2.61. The number of aliphatic hydroxyl groups is 1. The third-order valence-electron chi connectivity index (χ3n) is 2.61. The summed E-state index contributed by atoms with van der Waals surface area (Å²) >= 11 is 0. The lowest BCUT2D eigenvalue weighted by Crippen LogP contribution is -2.15. The lowest BCUT2D eigenvalue weighted by molar-refractivity contribution is -0.385. The van der Waals surface area contributed by atoms with Crippen LogP contribution in [0.1, 0.15) is 31.7 Å². The topological polar surface area (TPSA) is 63.4 Å². The minimum Gasteiger partial charge on any atom is -0.393 e. The maximum Gasteiger partial charge on any atom is 0.273 e. The van der Waals surface area contributed by atoms with Crippen LogP contribution in [0.3, 0.4) is 0 Å². The van der Waals surface area contributed by atoms with Gasteiger partial charge in [-0.3, -0.25) is 10.1 Å². The molecule has 0 amide bonds. The zero-order chi connectivity index (χ0) is 12.3.